The number of likely N-dealkylation sites (N-methyl/N-ethyl adjacent to an activating group) is 1. The molecule has 15 heavy (non-hydrogen) atoms. The number of hydrogen-bond donors (Lipinski definition) is 1. The molecular weight excluding hydrogens is 199 g/mol. The number of amides is 2. The minimum Gasteiger partial charge on any atom is -0.332 e. The lowest BCUT2D eigenvalue weighted by atomic mass is 10.1. The Hall–Kier alpha value is -1.91. The molecule has 2 amide bonds. The molecule has 4 nitrogen and oxygen atoms in total. The van der Waals surface area contributed by atoms with Crippen molar-refractivity contribution in [1.82, 2.24) is 4.90 Å². The number of fused-ring (bicyclic) bond motifs is 1. The summed E-state index contributed by atoms with van der Waals surface area (Å²) in [5.74, 6) is -2.21. The molecule has 1 N–H and O–H groups in total. The smallest absolute Gasteiger partial charge is 0.256 e. The maximum Gasteiger partial charge on any atom is 0.256 e. The molecule has 0 fully saturated rings. The zero-order chi connectivity index (χ0) is 13.5. The van der Waals surface area contributed by atoms with E-state index in [4.69, 9.17) is 4.11 Å². The SMILES string of the molecule is [2H]C([2H])([2H])N1CC(=O)Nc2ccc(F)cc2C1=O. The molecule has 1 aromatic carbocycles. The fourth-order valence-electron chi connectivity index (χ4n) is 1.35. The fourth-order valence-corrected chi connectivity index (χ4v) is 1.35. The second-order valence-electron chi connectivity index (χ2n) is 3.13. The number of nitrogens with one attached hydrogen (secondary N) is 1. The molecule has 0 aromatic heterocycles. The summed E-state index contributed by atoms with van der Waals surface area (Å²) in [6.45, 7) is -3.34. The molecule has 1 aliphatic rings. The second kappa shape index (κ2) is 3.34. The third kappa shape index (κ3) is 1.68. The number of rotatable bonds is 0. The van der Waals surface area contributed by atoms with Crippen molar-refractivity contribution >= 4 is 17.5 Å². The van der Waals surface area contributed by atoms with Gasteiger partial charge in [-0.1, -0.05) is 0 Å². The van der Waals surface area contributed by atoms with Crippen LogP contribution in [0.3, 0.4) is 0 Å². The Balaban J connectivity index is 2.54. The summed E-state index contributed by atoms with van der Waals surface area (Å²) in [6, 6.07) is 3.21. The van der Waals surface area contributed by atoms with Gasteiger partial charge in [-0.2, -0.15) is 0 Å². The Labute approximate surface area is 89.9 Å². The van der Waals surface area contributed by atoms with Gasteiger partial charge in [-0.3, -0.25) is 9.59 Å². The normalized spacial score (nSPS) is 19.5. The van der Waals surface area contributed by atoms with Gasteiger partial charge in [0.15, 0.2) is 0 Å². The number of carbonyl (C=O) groups excluding carboxylic acids is 2. The first kappa shape index (κ1) is 6.55. The van der Waals surface area contributed by atoms with Gasteiger partial charge in [0.05, 0.1) is 17.8 Å². The van der Waals surface area contributed by atoms with Crippen LogP contribution in [0.15, 0.2) is 18.2 Å². The molecule has 0 atom stereocenters. The van der Waals surface area contributed by atoms with Crippen LogP contribution in [-0.2, 0) is 4.79 Å². The lowest BCUT2D eigenvalue weighted by Crippen LogP contribution is -2.31. The lowest BCUT2D eigenvalue weighted by Gasteiger charge is -2.11. The Bertz CT molecular complexity index is 530. The van der Waals surface area contributed by atoms with E-state index in [0.29, 0.717) is 4.90 Å². The largest absolute Gasteiger partial charge is 0.332 e. The molecule has 0 saturated carbocycles. The van der Waals surface area contributed by atoms with E-state index in [0.717, 1.165) is 12.1 Å². The standard InChI is InChI=1S/C10H9FN2O2/c1-13-5-9(14)12-8-3-2-6(11)4-7(8)10(13)15/h2-4H,5H2,1H3,(H,12,14)/i1D3. The molecule has 0 bridgehead atoms. The maximum atomic E-state index is 13.1. The molecular formula is C10H9FN2O2. The first-order chi connectivity index (χ1) is 8.29. The Morgan fingerprint density at radius 2 is 2.33 bits per heavy atom. The third-order valence-corrected chi connectivity index (χ3v) is 2.03. The molecule has 0 aliphatic carbocycles. The molecule has 0 unspecified atom stereocenters. The average molecular weight is 211 g/mol. The highest BCUT2D eigenvalue weighted by molar-refractivity contribution is 6.08. The lowest BCUT2D eigenvalue weighted by molar-refractivity contribution is -0.116. The Morgan fingerprint density at radius 3 is 3.07 bits per heavy atom. The molecule has 1 heterocycles. The van der Waals surface area contributed by atoms with Gasteiger partial charge in [-0.05, 0) is 18.2 Å². The van der Waals surface area contributed by atoms with Crippen molar-refractivity contribution in [2.24, 2.45) is 0 Å². The topological polar surface area (TPSA) is 49.4 Å². The van der Waals surface area contributed by atoms with Crippen molar-refractivity contribution in [3.63, 3.8) is 0 Å². The van der Waals surface area contributed by atoms with E-state index in [1.807, 2.05) is 0 Å². The first-order valence-electron chi connectivity index (χ1n) is 5.70. The van der Waals surface area contributed by atoms with E-state index in [9.17, 15) is 14.0 Å². The molecule has 2 rings (SSSR count). The van der Waals surface area contributed by atoms with E-state index < -0.39 is 31.2 Å². The highest BCUT2D eigenvalue weighted by Gasteiger charge is 2.23. The fraction of sp³-hybridized carbons (Fsp3) is 0.200. The van der Waals surface area contributed by atoms with Crippen molar-refractivity contribution in [2.45, 2.75) is 0 Å². The number of halogens is 1. The summed E-state index contributed by atoms with van der Waals surface area (Å²) < 4.78 is 34.7. The highest BCUT2D eigenvalue weighted by atomic mass is 19.1. The Kier molecular flexibility index (Phi) is 1.46. The maximum absolute atomic E-state index is 13.1. The van der Waals surface area contributed by atoms with Gasteiger partial charge >= 0.3 is 0 Å². The number of carbonyl (C=O) groups is 2. The highest BCUT2D eigenvalue weighted by Crippen LogP contribution is 2.20. The van der Waals surface area contributed by atoms with Crippen molar-refractivity contribution in [1.29, 1.82) is 0 Å². The van der Waals surface area contributed by atoms with Crippen LogP contribution in [0.25, 0.3) is 0 Å². The predicted molar refractivity (Wildman–Crippen MR) is 52.0 cm³/mol. The van der Waals surface area contributed by atoms with Gasteiger partial charge < -0.3 is 10.2 Å². The van der Waals surface area contributed by atoms with Gasteiger partial charge in [-0.25, -0.2) is 4.39 Å². The molecule has 0 radical (unpaired) electrons. The summed E-state index contributed by atoms with van der Waals surface area (Å²) in [7, 11) is 0. The van der Waals surface area contributed by atoms with Gasteiger partial charge in [0, 0.05) is 11.1 Å². The van der Waals surface area contributed by atoms with Crippen molar-refractivity contribution in [3.05, 3.63) is 29.6 Å². The monoisotopic (exact) mass is 211 g/mol. The zero-order valence-electron chi connectivity index (χ0n) is 10.6. The van der Waals surface area contributed by atoms with Crippen LogP contribution < -0.4 is 5.32 Å². The van der Waals surface area contributed by atoms with Crippen LogP contribution in [0.2, 0.25) is 0 Å². The molecule has 78 valence electrons. The van der Waals surface area contributed by atoms with Gasteiger partial charge in [0.1, 0.15) is 5.82 Å². The predicted octanol–water partition coefficient (Wildman–Crippen LogP) is 0.850. The van der Waals surface area contributed by atoms with Crippen molar-refractivity contribution in [3.8, 4) is 0 Å². The van der Waals surface area contributed by atoms with Crippen molar-refractivity contribution < 1.29 is 18.1 Å². The molecule has 1 aliphatic heterocycles. The van der Waals surface area contributed by atoms with Gasteiger partial charge in [0.2, 0.25) is 5.91 Å². The molecule has 1 aromatic rings. The first-order valence-corrected chi connectivity index (χ1v) is 4.20. The van der Waals surface area contributed by atoms with E-state index in [1.54, 1.807) is 0 Å². The average Bonchev–Trinajstić information content (AvgIpc) is 2.37. The molecule has 0 spiro atoms. The minimum atomic E-state index is -2.75. The number of hydrogen-bond acceptors (Lipinski definition) is 2. The van der Waals surface area contributed by atoms with Crippen molar-refractivity contribution in [2.75, 3.05) is 18.8 Å². The quantitative estimate of drug-likeness (QED) is 0.691. The van der Waals surface area contributed by atoms with E-state index in [-0.39, 0.29) is 11.3 Å². The molecule has 0 saturated heterocycles. The summed E-state index contributed by atoms with van der Waals surface area (Å²) >= 11 is 0. The van der Waals surface area contributed by atoms with Crippen LogP contribution in [0.5, 0.6) is 0 Å². The van der Waals surface area contributed by atoms with Crippen LogP contribution in [-0.4, -0.2) is 30.2 Å². The van der Waals surface area contributed by atoms with Crippen LogP contribution >= 0.6 is 0 Å². The second-order valence-corrected chi connectivity index (χ2v) is 3.13. The van der Waals surface area contributed by atoms with Gasteiger partial charge in [-0.15, -0.1) is 0 Å². The van der Waals surface area contributed by atoms with E-state index >= 15 is 0 Å². The Morgan fingerprint density at radius 1 is 1.53 bits per heavy atom. The summed E-state index contributed by atoms with van der Waals surface area (Å²) in [6.07, 6.45) is 0. The third-order valence-electron chi connectivity index (χ3n) is 2.03. The number of nitrogens with zero attached hydrogens (tertiary/aromatic N) is 1. The number of anilines is 1. The summed E-state index contributed by atoms with van der Waals surface area (Å²) in [5, 5.41) is 2.36. The van der Waals surface area contributed by atoms with E-state index in [1.165, 1.54) is 6.07 Å². The minimum absolute atomic E-state index is 0.109. The van der Waals surface area contributed by atoms with Gasteiger partial charge in [0.25, 0.3) is 5.91 Å². The molecule has 5 heteroatoms. The number of benzene rings is 1. The van der Waals surface area contributed by atoms with Crippen LogP contribution in [0.1, 0.15) is 14.5 Å². The van der Waals surface area contributed by atoms with Crippen LogP contribution in [0, 0.1) is 5.82 Å². The summed E-state index contributed by atoms with van der Waals surface area (Å²) in [5.41, 5.74) is -0.0601. The zero-order valence-corrected chi connectivity index (χ0v) is 7.58. The summed E-state index contributed by atoms with van der Waals surface area (Å²) in [4.78, 5) is 23.9. The van der Waals surface area contributed by atoms with E-state index in [2.05, 4.69) is 5.32 Å². The van der Waals surface area contributed by atoms with Crippen LogP contribution in [0.4, 0.5) is 10.1 Å².